The molecular weight excluding hydrogens is 216 g/mol. The number of rotatable bonds is 1. The zero-order valence-corrected chi connectivity index (χ0v) is 10.1. The lowest BCUT2D eigenvalue weighted by Crippen LogP contribution is -2.49. The van der Waals surface area contributed by atoms with E-state index in [1.807, 2.05) is 0 Å². The summed E-state index contributed by atoms with van der Waals surface area (Å²) in [6, 6.07) is 0. The number of anilines is 2. The van der Waals surface area contributed by atoms with E-state index in [0.717, 1.165) is 18.1 Å². The Hall–Kier alpha value is -1.52. The van der Waals surface area contributed by atoms with E-state index < -0.39 is 0 Å². The van der Waals surface area contributed by atoms with Crippen LogP contribution in [0.3, 0.4) is 0 Å². The molecule has 1 saturated carbocycles. The second-order valence-electron chi connectivity index (χ2n) is 4.93. The first kappa shape index (κ1) is 10.6. The van der Waals surface area contributed by atoms with Crippen LogP contribution in [0.1, 0.15) is 32.1 Å². The van der Waals surface area contributed by atoms with E-state index in [0.29, 0.717) is 5.88 Å². The van der Waals surface area contributed by atoms with Gasteiger partial charge in [-0.15, -0.1) is 0 Å². The third kappa shape index (κ3) is 1.79. The van der Waals surface area contributed by atoms with Crippen LogP contribution in [-0.4, -0.2) is 29.2 Å². The number of ether oxygens (including phenoxy) is 1. The highest BCUT2D eigenvalue weighted by Crippen LogP contribution is 2.39. The summed E-state index contributed by atoms with van der Waals surface area (Å²) in [6.07, 6.45) is 7.92. The van der Waals surface area contributed by atoms with E-state index in [2.05, 4.69) is 20.6 Å². The first-order valence-electron chi connectivity index (χ1n) is 6.24. The molecule has 2 N–H and O–H groups in total. The van der Waals surface area contributed by atoms with Gasteiger partial charge >= 0.3 is 0 Å². The SMILES string of the molecule is COc1ncnc2c1NCC1(CCCCC1)N2. The minimum atomic E-state index is 0.185. The van der Waals surface area contributed by atoms with Gasteiger partial charge in [-0.2, -0.15) is 4.98 Å². The van der Waals surface area contributed by atoms with Crippen LogP contribution < -0.4 is 15.4 Å². The Morgan fingerprint density at radius 2 is 2.06 bits per heavy atom. The number of hydrogen-bond acceptors (Lipinski definition) is 5. The van der Waals surface area contributed by atoms with Gasteiger partial charge in [0.2, 0.25) is 5.88 Å². The zero-order valence-electron chi connectivity index (χ0n) is 10.1. The van der Waals surface area contributed by atoms with E-state index in [-0.39, 0.29) is 5.54 Å². The lowest BCUT2D eigenvalue weighted by Gasteiger charge is -2.42. The van der Waals surface area contributed by atoms with Crippen molar-refractivity contribution in [2.24, 2.45) is 0 Å². The smallest absolute Gasteiger partial charge is 0.242 e. The topological polar surface area (TPSA) is 59.1 Å². The number of nitrogens with zero attached hydrogens (tertiary/aromatic N) is 2. The van der Waals surface area contributed by atoms with Crippen molar-refractivity contribution in [1.82, 2.24) is 9.97 Å². The summed E-state index contributed by atoms with van der Waals surface area (Å²) in [4.78, 5) is 8.42. The third-order valence-electron chi connectivity index (χ3n) is 3.80. The van der Waals surface area contributed by atoms with E-state index in [9.17, 15) is 0 Å². The summed E-state index contributed by atoms with van der Waals surface area (Å²) >= 11 is 0. The van der Waals surface area contributed by atoms with Crippen molar-refractivity contribution >= 4 is 11.5 Å². The average Bonchev–Trinajstić information content (AvgIpc) is 2.38. The standard InChI is InChI=1S/C12H18N4O/c1-17-11-9-10(14-8-15-11)16-12(7-13-9)5-3-2-4-6-12/h8,13H,2-7H2,1H3,(H,14,15,16). The fraction of sp³-hybridized carbons (Fsp3) is 0.667. The Labute approximate surface area is 101 Å². The van der Waals surface area contributed by atoms with Crippen LogP contribution in [0.5, 0.6) is 5.88 Å². The van der Waals surface area contributed by atoms with Gasteiger partial charge in [0.15, 0.2) is 5.82 Å². The Morgan fingerprint density at radius 1 is 1.24 bits per heavy atom. The van der Waals surface area contributed by atoms with Crippen molar-refractivity contribution in [2.45, 2.75) is 37.6 Å². The minimum absolute atomic E-state index is 0.185. The molecule has 1 fully saturated rings. The first-order valence-corrected chi connectivity index (χ1v) is 6.24. The maximum atomic E-state index is 5.23. The normalized spacial score (nSPS) is 21.2. The largest absolute Gasteiger partial charge is 0.479 e. The van der Waals surface area contributed by atoms with Crippen LogP contribution in [0.2, 0.25) is 0 Å². The van der Waals surface area contributed by atoms with Crippen LogP contribution in [0.15, 0.2) is 6.33 Å². The fourth-order valence-electron chi connectivity index (χ4n) is 2.86. The van der Waals surface area contributed by atoms with Gasteiger partial charge in [-0.25, -0.2) is 4.98 Å². The van der Waals surface area contributed by atoms with E-state index in [1.54, 1.807) is 13.4 Å². The lowest BCUT2D eigenvalue weighted by atomic mass is 9.80. The average molecular weight is 234 g/mol. The minimum Gasteiger partial charge on any atom is -0.479 e. The maximum absolute atomic E-state index is 5.23. The highest BCUT2D eigenvalue weighted by molar-refractivity contribution is 5.72. The van der Waals surface area contributed by atoms with Crippen LogP contribution >= 0.6 is 0 Å². The molecule has 0 saturated heterocycles. The highest BCUT2D eigenvalue weighted by Gasteiger charge is 2.36. The summed E-state index contributed by atoms with van der Waals surface area (Å²) in [6.45, 7) is 0.934. The Morgan fingerprint density at radius 3 is 2.82 bits per heavy atom. The Kier molecular flexibility index (Phi) is 2.53. The zero-order chi connectivity index (χ0) is 11.7. The molecule has 2 heterocycles. The number of nitrogens with one attached hydrogen (secondary N) is 2. The predicted molar refractivity (Wildman–Crippen MR) is 66.5 cm³/mol. The van der Waals surface area contributed by atoms with Crippen LogP contribution in [0.25, 0.3) is 0 Å². The molecule has 1 aromatic heterocycles. The quantitative estimate of drug-likeness (QED) is 0.778. The number of hydrogen-bond donors (Lipinski definition) is 2. The molecule has 3 rings (SSSR count). The van der Waals surface area contributed by atoms with Gasteiger partial charge in [-0.3, -0.25) is 0 Å². The van der Waals surface area contributed by atoms with Crippen molar-refractivity contribution in [1.29, 1.82) is 0 Å². The monoisotopic (exact) mass is 234 g/mol. The lowest BCUT2D eigenvalue weighted by molar-refractivity contribution is 0.331. The molecule has 1 aromatic rings. The molecule has 1 spiro atoms. The molecule has 0 aromatic carbocycles. The van der Waals surface area contributed by atoms with Crippen molar-refractivity contribution in [3.05, 3.63) is 6.33 Å². The van der Waals surface area contributed by atoms with Crippen LogP contribution in [0, 0.1) is 0 Å². The maximum Gasteiger partial charge on any atom is 0.242 e. The summed E-state index contributed by atoms with van der Waals surface area (Å²) in [7, 11) is 1.63. The van der Waals surface area contributed by atoms with Gasteiger partial charge in [-0.1, -0.05) is 19.3 Å². The molecule has 92 valence electrons. The second-order valence-corrected chi connectivity index (χ2v) is 4.93. The molecular formula is C12H18N4O. The van der Waals surface area contributed by atoms with Crippen molar-refractivity contribution in [2.75, 3.05) is 24.3 Å². The summed E-state index contributed by atoms with van der Waals surface area (Å²) in [5.74, 6) is 1.50. The summed E-state index contributed by atoms with van der Waals surface area (Å²) in [5.41, 5.74) is 1.08. The van der Waals surface area contributed by atoms with Gasteiger partial charge in [0.1, 0.15) is 12.0 Å². The van der Waals surface area contributed by atoms with Crippen LogP contribution in [-0.2, 0) is 0 Å². The summed E-state index contributed by atoms with van der Waals surface area (Å²) < 4.78 is 5.23. The van der Waals surface area contributed by atoms with E-state index in [1.165, 1.54) is 32.1 Å². The Bertz CT molecular complexity index is 415. The van der Waals surface area contributed by atoms with Gasteiger partial charge in [0.25, 0.3) is 0 Å². The number of aromatic nitrogens is 2. The molecule has 0 unspecified atom stereocenters. The first-order chi connectivity index (χ1) is 8.33. The van der Waals surface area contributed by atoms with Crippen molar-refractivity contribution < 1.29 is 4.74 Å². The van der Waals surface area contributed by atoms with Crippen LogP contribution in [0.4, 0.5) is 11.5 Å². The van der Waals surface area contributed by atoms with Gasteiger partial charge in [0, 0.05) is 6.54 Å². The Balaban J connectivity index is 1.90. The fourth-order valence-corrected chi connectivity index (χ4v) is 2.86. The van der Waals surface area contributed by atoms with E-state index in [4.69, 9.17) is 4.74 Å². The molecule has 0 bridgehead atoms. The van der Waals surface area contributed by atoms with Gasteiger partial charge < -0.3 is 15.4 Å². The molecule has 5 heteroatoms. The summed E-state index contributed by atoms with van der Waals surface area (Å²) in [5, 5.41) is 7.02. The van der Waals surface area contributed by atoms with Gasteiger partial charge in [0.05, 0.1) is 12.6 Å². The number of fused-ring (bicyclic) bond motifs is 1. The molecule has 2 aliphatic rings. The molecule has 1 aliphatic heterocycles. The third-order valence-corrected chi connectivity index (χ3v) is 3.80. The van der Waals surface area contributed by atoms with Crippen molar-refractivity contribution in [3.63, 3.8) is 0 Å². The molecule has 5 nitrogen and oxygen atoms in total. The van der Waals surface area contributed by atoms with Crippen molar-refractivity contribution in [3.8, 4) is 5.88 Å². The second kappa shape index (κ2) is 4.05. The predicted octanol–water partition coefficient (Wildman–Crippen LogP) is 2.03. The molecule has 0 radical (unpaired) electrons. The molecule has 0 atom stereocenters. The van der Waals surface area contributed by atoms with E-state index >= 15 is 0 Å². The molecule has 17 heavy (non-hydrogen) atoms. The van der Waals surface area contributed by atoms with Gasteiger partial charge in [-0.05, 0) is 12.8 Å². The molecule has 1 aliphatic carbocycles. The highest BCUT2D eigenvalue weighted by atomic mass is 16.5. The molecule has 0 amide bonds. The number of methoxy groups -OCH3 is 1.